The molecule has 1 unspecified atom stereocenters. The summed E-state index contributed by atoms with van der Waals surface area (Å²) in [5.41, 5.74) is 1.58. The second kappa shape index (κ2) is 8.06. The Morgan fingerprint density at radius 2 is 1.96 bits per heavy atom. The van der Waals surface area contributed by atoms with Crippen molar-refractivity contribution in [3.05, 3.63) is 23.8 Å². The molecule has 4 N–H and O–H groups in total. The normalized spacial score (nSPS) is 16.5. The van der Waals surface area contributed by atoms with E-state index >= 15 is 0 Å². The maximum atomic E-state index is 12.3. The van der Waals surface area contributed by atoms with Crippen LogP contribution in [0.4, 0.5) is 0 Å². The molecule has 0 radical (unpaired) electrons. The lowest BCUT2D eigenvalue weighted by atomic mass is 9.89. The molecule has 3 rings (SSSR count). The number of aromatic amines is 1. The fraction of sp³-hybridized carbons (Fsp3) is 0.529. The Hall–Kier alpha value is -2.48. The standard InChI is InChI=1S/C17H23N5O3/c23-10-15(17(25)18-9-11-4-2-1-3-5-11)19-16(24)12-6-7-13-14(8-12)21-22-20-13/h6-8,11,15,23H,1-5,9-10H2,(H,18,25)(H,19,24)(H,20,21,22). The summed E-state index contributed by atoms with van der Waals surface area (Å²) in [6.07, 6.45) is 5.90. The molecule has 2 aromatic rings. The molecule has 1 fully saturated rings. The summed E-state index contributed by atoms with van der Waals surface area (Å²) in [6.45, 7) is 0.143. The Labute approximate surface area is 145 Å². The number of hydrogen-bond acceptors (Lipinski definition) is 5. The van der Waals surface area contributed by atoms with Gasteiger partial charge in [0, 0.05) is 12.1 Å². The van der Waals surface area contributed by atoms with Gasteiger partial charge in [-0.15, -0.1) is 0 Å². The minimum atomic E-state index is -0.968. The zero-order valence-electron chi connectivity index (χ0n) is 14.0. The van der Waals surface area contributed by atoms with Crippen molar-refractivity contribution in [3.8, 4) is 0 Å². The predicted octanol–water partition coefficient (Wildman–Crippen LogP) is 0.745. The van der Waals surface area contributed by atoms with Crippen molar-refractivity contribution in [2.75, 3.05) is 13.2 Å². The maximum absolute atomic E-state index is 12.3. The van der Waals surface area contributed by atoms with E-state index in [9.17, 15) is 14.7 Å². The van der Waals surface area contributed by atoms with E-state index in [0.29, 0.717) is 29.1 Å². The van der Waals surface area contributed by atoms with E-state index in [1.54, 1.807) is 18.2 Å². The molecule has 1 heterocycles. The number of aromatic nitrogens is 3. The number of hydrogen-bond donors (Lipinski definition) is 4. The van der Waals surface area contributed by atoms with Gasteiger partial charge in [0.05, 0.1) is 6.61 Å². The van der Waals surface area contributed by atoms with Gasteiger partial charge in [-0.1, -0.05) is 19.3 Å². The van der Waals surface area contributed by atoms with Crippen molar-refractivity contribution in [2.45, 2.75) is 38.1 Å². The maximum Gasteiger partial charge on any atom is 0.252 e. The SMILES string of the molecule is O=C(NC(CO)C(=O)NCC1CCCCC1)c1ccc2n[nH]nc2c1. The summed E-state index contributed by atoms with van der Waals surface area (Å²) < 4.78 is 0. The van der Waals surface area contributed by atoms with Crippen LogP contribution in [0.5, 0.6) is 0 Å². The van der Waals surface area contributed by atoms with Crippen LogP contribution in [-0.4, -0.2) is 51.5 Å². The van der Waals surface area contributed by atoms with Crippen molar-refractivity contribution >= 4 is 22.8 Å². The molecule has 0 spiro atoms. The Morgan fingerprint density at radius 3 is 2.72 bits per heavy atom. The second-order valence-corrected chi connectivity index (χ2v) is 6.48. The fourth-order valence-corrected chi connectivity index (χ4v) is 3.18. The Balaban J connectivity index is 1.56. The molecule has 1 aliphatic carbocycles. The monoisotopic (exact) mass is 345 g/mol. The lowest BCUT2D eigenvalue weighted by molar-refractivity contribution is -0.124. The van der Waals surface area contributed by atoms with E-state index in [4.69, 9.17) is 0 Å². The van der Waals surface area contributed by atoms with Crippen LogP contribution < -0.4 is 10.6 Å². The molecule has 1 aromatic carbocycles. The van der Waals surface area contributed by atoms with Gasteiger partial charge in [-0.3, -0.25) is 9.59 Å². The number of amides is 2. The van der Waals surface area contributed by atoms with Crippen LogP contribution in [0.2, 0.25) is 0 Å². The van der Waals surface area contributed by atoms with Gasteiger partial charge in [0.2, 0.25) is 5.91 Å². The number of nitrogens with zero attached hydrogens (tertiary/aromatic N) is 2. The number of aliphatic hydroxyl groups is 1. The third-order valence-corrected chi connectivity index (χ3v) is 4.67. The van der Waals surface area contributed by atoms with E-state index in [0.717, 1.165) is 12.8 Å². The van der Waals surface area contributed by atoms with Crippen LogP contribution in [0.3, 0.4) is 0 Å². The summed E-state index contributed by atoms with van der Waals surface area (Å²) >= 11 is 0. The van der Waals surface area contributed by atoms with Gasteiger partial charge >= 0.3 is 0 Å². The first-order valence-electron chi connectivity index (χ1n) is 8.67. The Bertz CT molecular complexity index is 739. The van der Waals surface area contributed by atoms with Crippen molar-refractivity contribution in [3.63, 3.8) is 0 Å². The van der Waals surface area contributed by atoms with Gasteiger partial charge in [0.1, 0.15) is 17.1 Å². The fourth-order valence-electron chi connectivity index (χ4n) is 3.18. The van der Waals surface area contributed by atoms with Crippen LogP contribution in [-0.2, 0) is 4.79 Å². The quantitative estimate of drug-likeness (QED) is 0.616. The number of nitrogens with one attached hydrogen (secondary N) is 3. The van der Waals surface area contributed by atoms with Gasteiger partial charge < -0.3 is 15.7 Å². The van der Waals surface area contributed by atoms with Crippen LogP contribution in [0.15, 0.2) is 18.2 Å². The van der Waals surface area contributed by atoms with Crippen molar-refractivity contribution in [1.29, 1.82) is 0 Å². The average molecular weight is 345 g/mol. The highest BCUT2D eigenvalue weighted by atomic mass is 16.3. The van der Waals surface area contributed by atoms with Gasteiger partial charge in [-0.25, -0.2) is 0 Å². The van der Waals surface area contributed by atoms with Gasteiger partial charge in [-0.2, -0.15) is 15.4 Å². The van der Waals surface area contributed by atoms with E-state index in [1.165, 1.54) is 19.3 Å². The van der Waals surface area contributed by atoms with Gasteiger partial charge in [0.15, 0.2) is 0 Å². The number of aliphatic hydroxyl groups excluding tert-OH is 1. The third-order valence-electron chi connectivity index (χ3n) is 4.67. The first kappa shape index (κ1) is 17.3. The highest BCUT2D eigenvalue weighted by Crippen LogP contribution is 2.22. The summed E-state index contributed by atoms with van der Waals surface area (Å²) in [4.78, 5) is 24.6. The molecule has 0 saturated heterocycles. The Morgan fingerprint density at radius 1 is 1.20 bits per heavy atom. The summed E-state index contributed by atoms with van der Waals surface area (Å²) in [7, 11) is 0. The zero-order valence-corrected chi connectivity index (χ0v) is 14.0. The molecule has 1 atom stereocenters. The predicted molar refractivity (Wildman–Crippen MR) is 91.8 cm³/mol. The van der Waals surface area contributed by atoms with Crippen LogP contribution in [0.25, 0.3) is 11.0 Å². The second-order valence-electron chi connectivity index (χ2n) is 6.48. The molecule has 8 heteroatoms. The molecule has 0 aliphatic heterocycles. The highest BCUT2D eigenvalue weighted by molar-refractivity contribution is 5.99. The summed E-state index contributed by atoms with van der Waals surface area (Å²) in [6, 6.07) is 3.89. The molecule has 8 nitrogen and oxygen atoms in total. The molecule has 134 valence electrons. The molecule has 25 heavy (non-hydrogen) atoms. The summed E-state index contributed by atoms with van der Waals surface area (Å²) in [5, 5.41) is 25.2. The minimum Gasteiger partial charge on any atom is -0.394 e. The minimum absolute atomic E-state index is 0.357. The zero-order chi connectivity index (χ0) is 17.6. The molecular formula is C17H23N5O3. The molecule has 1 aliphatic rings. The van der Waals surface area contributed by atoms with Crippen LogP contribution in [0.1, 0.15) is 42.5 Å². The third kappa shape index (κ3) is 4.33. The number of carbonyl (C=O) groups is 2. The van der Waals surface area contributed by atoms with Gasteiger partial charge in [-0.05, 0) is 37.0 Å². The van der Waals surface area contributed by atoms with E-state index in [-0.39, 0.29) is 5.91 Å². The number of fused-ring (bicyclic) bond motifs is 1. The smallest absolute Gasteiger partial charge is 0.252 e. The van der Waals surface area contributed by atoms with Crippen molar-refractivity contribution < 1.29 is 14.7 Å². The Kier molecular flexibility index (Phi) is 5.60. The number of carbonyl (C=O) groups excluding carboxylic acids is 2. The highest BCUT2D eigenvalue weighted by Gasteiger charge is 2.22. The first-order chi connectivity index (χ1) is 12.2. The summed E-state index contributed by atoms with van der Waals surface area (Å²) in [5.74, 6) is -0.303. The number of rotatable bonds is 6. The van der Waals surface area contributed by atoms with Crippen LogP contribution in [0, 0.1) is 5.92 Å². The molecule has 1 saturated carbocycles. The lowest BCUT2D eigenvalue weighted by Gasteiger charge is -2.23. The number of benzene rings is 1. The van der Waals surface area contributed by atoms with E-state index < -0.39 is 18.6 Å². The molecule has 0 bridgehead atoms. The topological polar surface area (TPSA) is 120 Å². The van der Waals surface area contributed by atoms with Gasteiger partial charge in [0.25, 0.3) is 5.91 Å². The lowest BCUT2D eigenvalue weighted by Crippen LogP contribution is -2.49. The van der Waals surface area contributed by atoms with Crippen molar-refractivity contribution in [2.24, 2.45) is 5.92 Å². The molecule has 2 amide bonds. The molecule has 1 aromatic heterocycles. The van der Waals surface area contributed by atoms with Crippen LogP contribution >= 0.6 is 0 Å². The number of H-pyrrole nitrogens is 1. The largest absolute Gasteiger partial charge is 0.394 e. The van der Waals surface area contributed by atoms with E-state index in [2.05, 4.69) is 26.0 Å². The van der Waals surface area contributed by atoms with E-state index in [1.807, 2.05) is 0 Å². The molecular weight excluding hydrogens is 322 g/mol. The van der Waals surface area contributed by atoms with Crippen molar-refractivity contribution in [1.82, 2.24) is 26.0 Å². The average Bonchev–Trinajstić information content (AvgIpc) is 3.12. The first-order valence-corrected chi connectivity index (χ1v) is 8.67.